The quantitative estimate of drug-likeness (QED) is 0.513. The molecule has 1 aromatic carbocycles. The number of thiophene rings is 1. The third-order valence-corrected chi connectivity index (χ3v) is 3.77. The van der Waals surface area contributed by atoms with Crippen LogP contribution in [0.5, 0.6) is 0 Å². The lowest BCUT2D eigenvalue weighted by atomic mass is 10.2. The Balaban J connectivity index is 2.01. The molecule has 0 aliphatic heterocycles. The average molecular weight is 356 g/mol. The molecule has 5 heteroatoms. The fourth-order valence-corrected chi connectivity index (χ4v) is 2.44. The zero-order valence-corrected chi connectivity index (χ0v) is 11.7. The predicted octanol–water partition coefficient (Wildman–Crippen LogP) is 3.12. The molecule has 0 atom stereocenters. The molecule has 1 amide bonds. The first-order chi connectivity index (χ1) is 8.27. The minimum atomic E-state index is -0.192. The molecule has 1 heterocycles. The second kappa shape index (κ2) is 5.92. The largest absolute Gasteiger partial charge is 0.272 e. The highest BCUT2D eigenvalue weighted by Crippen LogP contribution is 2.11. The summed E-state index contributed by atoms with van der Waals surface area (Å²) in [6, 6.07) is 11.3. The van der Waals surface area contributed by atoms with Crippen LogP contribution in [0.25, 0.3) is 0 Å². The van der Waals surface area contributed by atoms with Gasteiger partial charge in [0.2, 0.25) is 0 Å². The van der Waals surface area contributed by atoms with E-state index in [4.69, 9.17) is 0 Å². The summed E-state index contributed by atoms with van der Waals surface area (Å²) >= 11 is 3.70. The van der Waals surface area contributed by atoms with Crippen molar-refractivity contribution >= 4 is 46.0 Å². The normalized spacial score (nSPS) is 10.6. The Kier molecular flexibility index (Phi) is 4.27. The minimum absolute atomic E-state index is 0.192. The van der Waals surface area contributed by atoms with Crippen LogP contribution in [0.1, 0.15) is 15.2 Å². The van der Waals surface area contributed by atoms with E-state index >= 15 is 0 Å². The second-order valence-corrected chi connectivity index (χ2v) is 5.34. The summed E-state index contributed by atoms with van der Waals surface area (Å²) in [6.07, 6.45) is 1.64. The molecule has 1 N–H and O–H groups in total. The van der Waals surface area contributed by atoms with Gasteiger partial charge >= 0.3 is 0 Å². The highest BCUT2D eigenvalue weighted by Gasteiger charge is 2.07. The van der Waals surface area contributed by atoms with Gasteiger partial charge < -0.3 is 0 Å². The van der Waals surface area contributed by atoms with Crippen LogP contribution in [0, 0.1) is 3.57 Å². The van der Waals surface area contributed by atoms with Gasteiger partial charge in [0.15, 0.2) is 0 Å². The molecular weight excluding hydrogens is 347 g/mol. The molecule has 3 nitrogen and oxygen atoms in total. The van der Waals surface area contributed by atoms with E-state index in [-0.39, 0.29) is 5.91 Å². The molecule has 0 saturated carbocycles. The summed E-state index contributed by atoms with van der Waals surface area (Å²) in [5, 5.41) is 5.88. The number of carbonyl (C=O) groups is 1. The van der Waals surface area contributed by atoms with Crippen molar-refractivity contribution in [2.75, 3.05) is 0 Å². The number of nitrogens with zero attached hydrogens (tertiary/aromatic N) is 1. The van der Waals surface area contributed by atoms with Crippen LogP contribution in [0.3, 0.4) is 0 Å². The molecule has 0 fully saturated rings. The summed E-state index contributed by atoms with van der Waals surface area (Å²) in [6.45, 7) is 0. The maximum absolute atomic E-state index is 11.8. The van der Waals surface area contributed by atoms with Crippen molar-refractivity contribution in [1.82, 2.24) is 5.43 Å². The van der Waals surface area contributed by atoms with Crippen molar-refractivity contribution in [3.8, 4) is 0 Å². The van der Waals surface area contributed by atoms with Gasteiger partial charge in [-0.15, -0.1) is 11.3 Å². The van der Waals surface area contributed by atoms with E-state index in [1.807, 2.05) is 35.7 Å². The number of hydrazone groups is 1. The minimum Gasteiger partial charge on any atom is -0.267 e. The van der Waals surface area contributed by atoms with E-state index in [1.54, 1.807) is 23.6 Å². The molecule has 2 aromatic rings. The molecule has 0 unspecified atom stereocenters. The van der Waals surface area contributed by atoms with Gasteiger partial charge in [0.1, 0.15) is 0 Å². The van der Waals surface area contributed by atoms with Gasteiger partial charge in [-0.2, -0.15) is 5.10 Å². The predicted molar refractivity (Wildman–Crippen MR) is 78.5 cm³/mol. The molecule has 0 aliphatic rings. The molecular formula is C12H9IN2OS. The number of halogens is 1. The summed E-state index contributed by atoms with van der Waals surface area (Å²) in [5.74, 6) is -0.192. The fraction of sp³-hybridized carbons (Fsp3) is 0. The third kappa shape index (κ3) is 3.37. The Hall–Kier alpha value is -1.21. The number of nitrogens with one attached hydrogen (secondary N) is 1. The van der Waals surface area contributed by atoms with Gasteiger partial charge in [-0.05, 0) is 46.2 Å². The molecule has 0 saturated heterocycles. The molecule has 2 rings (SSSR count). The van der Waals surface area contributed by atoms with Crippen LogP contribution in [0.2, 0.25) is 0 Å². The lowest BCUT2D eigenvalue weighted by molar-refractivity contribution is 0.0954. The third-order valence-electron chi connectivity index (χ3n) is 2.02. The van der Waals surface area contributed by atoms with E-state index in [2.05, 4.69) is 33.1 Å². The van der Waals surface area contributed by atoms with Crippen LogP contribution in [0.4, 0.5) is 0 Å². The second-order valence-electron chi connectivity index (χ2n) is 3.19. The van der Waals surface area contributed by atoms with Crippen molar-refractivity contribution in [2.24, 2.45) is 5.10 Å². The van der Waals surface area contributed by atoms with Crippen LogP contribution in [-0.2, 0) is 0 Å². The molecule has 0 bridgehead atoms. The van der Waals surface area contributed by atoms with Gasteiger partial charge in [-0.25, -0.2) is 5.43 Å². The smallest absolute Gasteiger partial charge is 0.267 e. The monoisotopic (exact) mass is 356 g/mol. The molecule has 86 valence electrons. The lowest BCUT2D eigenvalue weighted by Gasteiger charge is -2.01. The van der Waals surface area contributed by atoms with E-state index in [9.17, 15) is 4.79 Å². The number of hydrogen-bond donors (Lipinski definition) is 1. The molecule has 1 aromatic heterocycles. The van der Waals surface area contributed by atoms with Crippen LogP contribution in [-0.4, -0.2) is 12.1 Å². The van der Waals surface area contributed by atoms with Crippen LogP contribution >= 0.6 is 33.9 Å². The molecule has 0 radical (unpaired) electrons. The van der Waals surface area contributed by atoms with E-state index < -0.39 is 0 Å². The van der Waals surface area contributed by atoms with E-state index in [1.165, 1.54) is 0 Å². The Morgan fingerprint density at radius 1 is 1.29 bits per heavy atom. The molecule has 0 aliphatic carbocycles. The SMILES string of the molecule is O=C(N/N=C/c1cccs1)c1ccccc1I. The summed E-state index contributed by atoms with van der Waals surface area (Å²) in [4.78, 5) is 12.8. The van der Waals surface area contributed by atoms with Gasteiger partial charge in [-0.1, -0.05) is 18.2 Å². The highest BCUT2D eigenvalue weighted by molar-refractivity contribution is 14.1. The Bertz CT molecular complexity index is 537. The number of rotatable bonds is 3. The Morgan fingerprint density at radius 3 is 2.82 bits per heavy atom. The summed E-state index contributed by atoms with van der Waals surface area (Å²) in [7, 11) is 0. The standard InChI is InChI=1S/C12H9IN2OS/c13-11-6-2-1-5-10(11)12(16)15-14-8-9-4-3-7-17-9/h1-8H,(H,15,16)/b14-8+. The van der Waals surface area contributed by atoms with Crippen molar-refractivity contribution in [2.45, 2.75) is 0 Å². The summed E-state index contributed by atoms with van der Waals surface area (Å²) < 4.78 is 0.911. The van der Waals surface area contributed by atoms with Crippen LogP contribution < -0.4 is 5.43 Å². The Morgan fingerprint density at radius 2 is 2.12 bits per heavy atom. The van der Waals surface area contributed by atoms with Crippen molar-refractivity contribution in [1.29, 1.82) is 0 Å². The van der Waals surface area contributed by atoms with Crippen molar-refractivity contribution in [3.05, 3.63) is 55.8 Å². The Labute approximate surface area is 117 Å². The maximum atomic E-state index is 11.8. The van der Waals surface area contributed by atoms with Crippen LogP contribution in [0.15, 0.2) is 46.9 Å². The number of hydrogen-bond acceptors (Lipinski definition) is 3. The molecule has 0 spiro atoms. The zero-order valence-electron chi connectivity index (χ0n) is 8.76. The number of carbonyl (C=O) groups excluding carboxylic acids is 1. The summed E-state index contributed by atoms with van der Waals surface area (Å²) in [5.41, 5.74) is 3.15. The van der Waals surface area contributed by atoms with Gasteiger partial charge in [0, 0.05) is 8.45 Å². The fourth-order valence-electron chi connectivity index (χ4n) is 1.22. The van der Waals surface area contributed by atoms with Gasteiger partial charge in [0.05, 0.1) is 11.8 Å². The highest BCUT2D eigenvalue weighted by atomic mass is 127. The van der Waals surface area contributed by atoms with Crippen molar-refractivity contribution < 1.29 is 4.79 Å². The lowest BCUT2D eigenvalue weighted by Crippen LogP contribution is -2.18. The van der Waals surface area contributed by atoms with E-state index in [0.29, 0.717) is 5.56 Å². The topological polar surface area (TPSA) is 41.5 Å². The van der Waals surface area contributed by atoms with Gasteiger partial charge in [0.25, 0.3) is 5.91 Å². The number of amides is 1. The molecule has 17 heavy (non-hydrogen) atoms. The first-order valence-corrected chi connectivity index (χ1v) is 6.84. The number of benzene rings is 1. The van der Waals surface area contributed by atoms with E-state index in [0.717, 1.165) is 8.45 Å². The first kappa shape index (κ1) is 12.3. The van der Waals surface area contributed by atoms with Gasteiger partial charge in [-0.3, -0.25) is 4.79 Å². The first-order valence-electron chi connectivity index (χ1n) is 4.89. The maximum Gasteiger partial charge on any atom is 0.272 e. The van der Waals surface area contributed by atoms with Crippen molar-refractivity contribution in [3.63, 3.8) is 0 Å². The average Bonchev–Trinajstić information content (AvgIpc) is 2.82. The zero-order chi connectivity index (χ0) is 12.1.